The lowest BCUT2D eigenvalue weighted by Crippen LogP contribution is -2.34. The van der Waals surface area contributed by atoms with Crippen LogP contribution in [0.2, 0.25) is 0 Å². The summed E-state index contributed by atoms with van der Waals surface area (Å²) in [6, 6.07) is 3.83. The third kappa shape index (κ3) is 2.03. The standard InChI is InChI=1S/C11H13N3O/c1-11(2)10(15)13-9(14-11)7-8-3-5-12-6-4-8/h3-6H,7H2,1-2H3,(H,13,14,15). The van der Waals surface area contributed by atoms with Gasteiger partial charge in [-0.25, -0.2) is 0 Å². The van der Waals surface area contributed by atoms with Gasteiger partial charge in [-0.3, -0.25) is 14.8 Å². The van der Waals surface area contributed by atoms with E-state index in [1.54, 1.807) is 12.4 Å². The van der Waals surface area contributed by atoms with Crippen molar-refractivity contribution in [1.29, 1.82) is 0 Å². The van der Waals surface area contributed by atoms with Gasteiger partial charge in [-0.2, -0.15) is 0 Å². The minimum absolute atomic E-state index is 0.0356. The first kappa shape index (κ1) is 9.83. The van der Waals surface area contributed by atoms with Crippen LogP contribution in [0.25, 0.3) is 0 Å². The van der Waals surface area contributed by atoms with Gasteiger partial charge in [0.15, 0.2) is 0 Å². The highest BCUT2D eigenvalue weighted by Crippen LogP contribution is 2.15. The van der Waals surface area contributed by atoms with Crippen LogP contribution < -0.4 is 5.32 Å². The van der Waals surface area contributed by atoms with E-state index in [2.05, 4.69) is 15.3 Å². The molecule has 0 atom stereocenters. The molecular formula is C11H13N3O. The maximum absolute atomic E-state index is 11.5. The Morgan fingerprint density at radius 2 is 2.00 bits per heavy atom. The van der Waals surface area contributed by atoms with E-state index in [0.29, 0.717) is 6.42 Å². The molecule has 0 saturated heterocycles. The molecule has 15 heavy (non-hydrogen) atoms. The van der Waals surface area contributed by atoms with Crippen molar-refractivity contribution in [3.63, 3.8) is 0 Å². The van der Waals surface area contributed by atoms with E-state index < -0.39 is 5.54 Å². The molecule has 0 aromatic carbocycles. The first-order chi connectivity index (χ1) is 7.08. The van der Waals surface area contributed by atoms with Crippen molar-refractivity contribution in [1.82, 2.24) is 10.3 Å². The molecule has 1 aliphatic rings. The lowest BCUT2D eigenvalue weighted by Gasteiger charge is -2.07. The van der Waals surface area contributed by atoms with Crippen LogP contribution in [-0.4, -0.2) is 22.3 Å². The van der Waals surface area contributed by atoms with Gasteiger partial charge in [0.25, 0.3) is 5.91 Å². The summed E-state index contributed by atoms with van der Waals surface area (Å²) in [6.07, 6.45) is 4.12. The van der Waals surface area contributed by atoms with Crippen LogP contribution in [0, 0.1) is 0 Å². The van der Waals surface area contributed by atoms with Crippen molar-refractivity contribution in [3.8, 4) is 0 Å². The lowest BCUT2D eigenvalue weighted by atomic mass is 10.1. The number of nitrogens with zero attached hydrogens (tertiary/aromatic N) is 2. The number of hydrogen-bond donors (Lipinski definition) is 1. The zero-order chi connectivity index (χ0) is 10.9. The largest absolute Gasteiger partial charge is 0.312 e. The van der Waals surface area contributed by atoms with E-state index in [1.807, 2.05) is 26.0 Å². The Morgan fingerprint density at radius 3 is 2.53 bits per heavy atom. The predicted octanol–water partition coefficient (Wildman–Crippen LogP) is 0.931. The van der Waals surface area contributed by atoms with Gasteiger partial charge in [0.05, 0.1) is 0 Å². The van der Waals surface area contributed by atoms with E-state index >= 15 is 0 Å². The van der Waals surface area contributed by atoms with Gasteiger partial charge >= 0.3 is 0 Å². The Hall–Kier alpha value is -1.71. The Balaban J connectivity index is 2.13. The van der Waals surface area contributed by atoms with Gasteiger partial charge in [-0.1, -0.05) is 0 Å². The molecule has 0 radical (unpaired) electrons. The van der Waals surface area contributed by atoms with Crippen molar-refractivity contribution in [2.24, 2.45) is 4.99 Å². The summed E-state index contributed by atoms with van der Waals surface area (Å²) in [5.41, 5.74) is 0.476. The van der Waals surface area contributed by atoms with Gasteiger partial charge in [-0.15, -0.1) is 0 Å². The molecular weight excluding hydrogens is 190 g/mol. The topological polar surface area (TPSA) is 54.4 Å². The average Bonchev–Trinajstić information content (AvgIpc) is 2.42. The molecule has 2 heterocycles. The SMILES string of the molecule is CC1(C)N=C(Cc2ccncc2)NC1=O. The summed E-state index contributed by atoms with van der Waals surface area (Å²) in [5.74, 6) is 0.697. The Bertz CT molecular complexity index is 409. The molecule has 1 aliphatic heterocycles. The molecule has 0 spiro atoms. The molecule has 0 bridgehead atoms. The predicted molar refractivity (Wildman–Crippen MR) is 57.6 cm³/mol. The average molecular weight is 203 g/mol. The number of aliphatic imine (C=N–C) groups is 1. The Labute approximate surface area is 88.4 Å². The fraction of sp³-hybridized carbons (Fsp3) is 0.364. The van der Waals surface area contributed by atoms with E-state index in [-0.39, 0.29) is 5.91 Å². The zero-order valence-corrected chi connectivity index (χ0v) is 8.82. The van der Waals surface area contributed by atoms with Crippen LogP contribution in [-0.2, 0) is 11.2 Å². The quantitative estimate of drug-likeness (QED) is 0.777. The molecule has 4 heteroatoms. The monoisotopic (exact) mass is 203 g/mol. The Morgan fingerprint density at radius 1 is 1.33 bits per heavy atom. The second kappa shape index (κ2) is 3.46. The Kier molecular flexibility index (Phi) is 2.26. The molecule has 78 valence electrons. The van der Waals surface area contributed by atoms with Gasteiger partial charge in [0.1, 0.15) is 11.4 Å². The van der Waals surface area contributed by atoms with Crippen molar-refractivity contribution in [3.05, 3.63) is 30.1 Å². The third-order valence-corrected chi connectivity index (χ3v) is 2.35. The van der Waals surface area contributed by atoms with E-state index in [4.69, 9.17) is 0 Å². The second-order valence-electron chi connectivity index (χ2n) is 4.10. The number of nitrogens with one attached hydrogen (secondary N) is 1. The fourth-order valence-corrected chi connectivity index (χ4v) is 1.48. The highest BCUT2D eigenvalue weighted by molar-refractivity contribution is 6.08. The molecule has 1 amide bonds. The first-order valence-corrected chi connectivity index (χ1v) is 4.87. The van der Waals surface area contributed by atoms with Crippen LogP contribution >= 0.6 is 0 Å². The molecule has 1 aromatic rings. The third-order valence-electron chi connectivity index (χ3n) is 2.35. The maximum atomic E-state index is 11.5. The number of rotatable bonds is 2. The molecule has 1 aromatic heterocycles. The summed E-state index contributed by atoms with van der Waals surface area (Å²) in [5, 5.41) is 2.78. The van der Waals surface area contributed by atoms with Crippen LogP contribution in [0.4, 0.5) is 0 Å². The number of pyridine rings is 1. The molecule has 0 fully saturated rings. The normalized spacial score (nSPS) is 18.5. The van der Waals surface area contributed by atoms with Crippen LogP contribution in [0.15, 0.2) is 29.5 Å². The van der Waals surface area contributed by atoms with Gasteiger partial charge in [-0.05, 0) is 31.5 Å². The van der Waals surface area contributed by atoms with Crippen molar-refractivity contribution >= 4 is 11.7 Å². The van der Waals surface area contributed by atoms with Crippen LogP contribution in [0.3, 0.4) is 0 Å². The number of amidine groups is 1. The van der Waals surface area contributed by atoms with Crippen molar-refractivity contribution < 1.29 is 4.79 Å². The number of amides is 1. The second-order valence-corrected chi connectivity index (χ2v) is 4.10. The van der Waals surface area contributed by atoms with Gasteiger partial charge in [0.2, 0.25) is 0 Å². The molecule has 1 N–H and O–H groups in total. The van der Waals surface area contributed by atoms with Crippen LogP contribution in [0.1, 0.15) is 19.4 Å². The number of carbonyl (C=O) groups is 1. The molecule has 0 unspecified atom stereocenters. The van der Waals surface area contributed by atoms with Crippen LogP contribution in [0.5, 0.6) is 0 Å². The summed E-state index contributed by atoms with van der Waals surface area (Å²) in [7, 11) is 0. The number of aromatic nitrogens is 1. The smallest absolute Gasteiger partial charge is 0.252 e. The summed E-state index contributed by atoms with van der Waals surface area (Å²) >= 11 is 0. The molecule has 0 saturated carbocycles. The highest BCUT2D eigenvalue weighted by atomic mass is 16.2. The van der Waals surface area contributed by atoms with Crippen molar-refractivity contribution in [2.75, 3.05) is 0 Å². The minimum atomic E-state index is -0.623. The van der Waals surface area contributed by atoms with Crippen molar-refractivity contribution in [2.45, 2.75) is 25.8 Å². The zero-order valence-electron chi connectivity index (χ0n) is 8.82. The minimum Gasteiger partial charge on any atom is -0.312 e. The highest BCUT2D eigenvalue weighted by Gasteiger charge is 2.33. The summed E-state index contributed by atoms with van der Waals surface area (Å²) < 4.78 is 0. The van der Waals surface area contributed by atoms with Gasteiger partial charge in [0, 0.05) is 18.8 Å². The molecule has 4 nitrogen and oxygen atoms in total. The summed E-state index contributed by atoms with van der Waals surface area (Å²) in [6.45, 7) is 3.61. The van der Waals surface area contributed by atoms with Gasteiger partial charge < -0.3 is 5.32 Å². The molecule has 2 rings (SSSR count). The summed E-state index contributed by atoms with van der Waals surface area (Å²) in [4.78, 5) is 19.7. The number of carbonyl (C=O) groups excluding carboxylic acids is 1. The molecule has 0 aliphatic carbocycles. The first-order valence-electron chi connectivity index (χ1n) is 4.87. The lowest BCUT2D eigenvalue weighted by molar-refractivity contribution is -0.122. The van der Waals surface area contributed by atoms with E-state index in [0.717, 1.165) is 11.4 Å². The van der Waals surface area contributed by atoms with E-state index in [9.17, 15) is 4.79 Å². The maximum Gasteiger partial charge on any atom is 0.252 e. The fourth-order valence-electron chi connectivity index (χ4n) is 1.48. The number of hydrogen-bond acceptors (Lipinski definition) is 3. The van der Waals surface area contributed by atoms with E-state index in [1.165, 1.54) is 0 Å².